The van der Waals surface area contributed by atoms with E-state index in [1.165, 1.54) is 19.2 Å². The number of aliphatic hydroxyl groups excluding tert-OH is 2. The van der Waals surface area contributed by atoms with Gasteiger partial charge in [0, 0.05) is 24.4 Å². The number of aliphatic hydroxyl groups is 2. The smallest absolute Gasteiger partial charge is 0.354 e. The first-order valence-electron chi connectivity index (χ1n) is 5.52. The van der Waals surface area contributed by atoms with E-state index in [9.17, 15) is 19.8 Å². The van der Waals surface area contributed by atoms with E-state index in [1.807, 2.05) is 0 Å². The van der Waals surface area contributed by atoms with Crippen molar-refractivity contribution in [3.63, 3.8) is 0 Å². The van der Waals surface area contributed by atoms with Gasteiger partial charge in [0.25, 0.3) is 0 Å². The fourth-order valence-corrected chi connectivity index (χ4v) is 2.08. The zero-order valence-electron chi connectivity index (χ0n) is 10.5. The molecule has 0 fully saturated rings. The highest BCUT2D eigenvalue weighted by atomic mass is 32.2. The van der Waals surface area contributed by atoms with Crippen molar-refractivity contribution in [1.82, 2.24) is 4.98 Å². The van der Waals surface area contributed by atoms with Crippen molar-refractivity contribution in [2.45, 2.75) is 26.1 Å². The number of rotatable bonds is 5. The van der Waals surface area contributed by atoms with Crippen LogP contribution in [0.25, 0.3) is 0 Å². The largest absolute Gasteiger partial charge is 0.477 e. The molecule has 0 saturated carbocycles. The molecule has 0 aliphatic rings. The Balaban J connectivity index is 2.97. The van der Waals surface area contributed by atoms with Gasteiger partial charge in [0.2, 0.25) is 0 Å². The summed E-state index contributed by atoms with van der Waals surface area (Å²) in [7, 11) is 0. The summed E-state index contributed by atoms with van der Waals surface area (Å²) in [6.45, 7) is 3.05. The van der Waals surface area contributed by atoms with E-state index in [0.717, 1.165) is 11.8 Å². The van der Waals surface area contributed by atoms with Crippen molar-refractivity contribution in [2.24, 2.45) is 0 Å². The molecule has 1 aromatic heterocycles. The molecule has 104 valence electrons. The molecule has 1 heterocycles. The molecule has 1 aromatic rings. The van der Waals surface area contributed by atoms with Crippen LogP contribution in [-0.2, 0) is 4.79 Å². The van der Waals surface area contributed by atoms with Gasteiger partial charge in [0.1, 0.15) is 6.10 Å². The van der Waals surface area contributed by atoms with Gasteiger partial charge in [-0.25, -0.2) is 9.78 Å². The number of hydrogen-bond donors (Lipinski definition) is 3. The van der Waals surface area contributed by atoms with Crippen molar-refractivity contribution >= 4 is 22.8 Å². The molecule has 0 saturated heterocycles. The Labute approximate surface area is 114 Å². The van der Waals surface area contributed by atoms with Crippen molar-refractivity contribution in [1.29, 1.82) is 0 Å². The first kappa shape index (κ1) is 15.6. The maximum absolute atomic E-state index is 11.0. The van der Waals surface area contributed by atoms with Gasteiger partial charge in [-0.1, -0.05) is 11.8 Å². The van der Waals surface area contributed by atoms with E-state index in [4.69, 9.17) is 5.11 Å². The summed E-state index contributed by atoms with van der Waals surface area (Å²) in [6, 6.07) is 1.46. The number of hydrogen-bond acceptors (Lipinski definition) is 6. The standard InChI is InChI=1S/C12H15NO5S/c1-6-3-8(10(12(17)18)13-4-6)11(16)9(15)5-19-7(2)14/h3-4,9,11,15-16H,5H2,1-2H3,(H,17,18). The first-order chi connectivity index (χ1) is 8.82. The van der Waals surface area contributed by atoms with Gasteiger partial charge in [-0.05, 0) is 18.6 Å². The molecule has 2 unspecified atom stereocenters. The Bertz CT molecular complexity index is 491. The molecule has 0 amide bonds. The number of aromatic nitrogens is 1. The fraction of sp³-hybridized carbons (Fsp3) is 0.417. The van der Waals surface area contributed by atoms with Gasteiger partial charge >= 0.3 is 5.97 Å². The van der Waals surface area contributed by atoms with Gasteiger partial charge in [-0.2, -0.15) is 0 Å². The quantitative estimate of drug-likeness (QED) is 0.733. The van der Waals surface area contributed by atoms with Crippen LogP contribution in [0.1, 0.15) is 34.6 Å². The van der Waals surface area contributed by atoms with Gasteiger partial charge < -0.3 is 15.3 Å². The average Bonchev–Trinajstić information content (AvgIpc) is 2.34. The van der Waals surface area contributed by atoms with Gasteiger partial charge in [-0.3, -0.25) is 4.79 Å². The summed E-state index contributed by atoms with van der Waals surface area (Å²) in [5.74, 6) is -1.29. The molecule has 19 heavy (non-hydrogen) atoms. The van der Waals surface area contributed by atoms with E-state index in [2.05, 4.69) is 4.98 Å². The molecule has 0 aliphatic heterocycles. The lowest BCUT2D eigenvalue weighted by molar-refractivity contribution is -0.109. The van der Waals surface area contributed by atoms with Crippen LogP contribution in [-0.4, -0.2) is 43.2 Å². The van der Waals surface area contributed by atoms with Crippen LogP contribution in [0.5, 0.6) is 0 Å². The van der Waals surface area contributed by atoms with Crippen LogP contribution in [0.15, 0.2) is 12.3 Å². The molecule has 3 N–H and O–H groups in total. The minimum atomic E-state index is -1.40. The lowest BCUT2D eigenvalue weighted by Crippen LogP contribution is -2.24. The van der Waals surface area contributed by atoms with Crippen molar-refractivity contribution in [2.75, 3.05) is 5.75 Å². The van der Waals surface area contributed by atoms with E-state index in [0.29, 0.717) is 5.56 Å². The predicted octanol–water partition coefficient (Wildman–Crippen LogP) is 0.762. The number of carbonyl (C=O) groups excluding carboxylic acids is 1. The molecule has 7 heteroatoms. The van der Waals surface area contributed by atoms with Crippen LogP contribution in [0.2, 0.25) is 0 Å². The lowest BCUT2D eigenvalue weighted by atomic mass is 10.0. The van der Waals surface area contributed by atoms with Crippen LogP contribution >= 0.6 is 11.8 Å². The molecule has 0 bridgehead atoms. The second kappa shape index (κ2) is 6.65. The molecular formula is C12H15NO5S. The third-order valence-corrected chi connectivity index (χ3v) is 3.31. The average molecular weight is 285 g/mol. The van der Waals surface area contributed by atoms with Crippen LogP contribution in [0.3, 0.4) is 0 Å². The molecule has 0 spiro atoms. The molecule has 6 nitrogen and oxygen atoms in total. The Morgan fingerprint density at radius 3 is 2.58 bits per heavy atom. The van der Waals surface area contributed by atoms with Crippen molar-refractivity contribution in [3.8, 4) is 0 Å². The van der Waals surface area contributed by atoms with Crippen molar-refractivity contribution < 1.29 is 24.9 Å². The van der Waals surface area contributed by atoms with Gasteiger partial charge in [-0.15, -0.1) is 0 Å². The highest BCUT2D eigenvalue weighted by Gasteiger charge is 2.25. The number of thioether (sulfide) groups is 1. The normalized spacial score (nSPS) is 13.9. The van der Waals surface area contributed by atoms with E-state index < -0.39 is 18.2 Å². The maximum Gasteiger partial charge on any atom is 0.354 e. The third-order valence-electron chi connectivity index (χ3n) is 2.40. The van der Waals surface area contributed by atoms with E-state index >= 15 is 0 Å². The summed E-state index contributed by atoms with van der Waals surface area (Å²) < 4.78 is 0. The highest BCUT2D eigenvalue weighted by molar-refractivity contribution is 8.13. The van der Waals surface area contributed by atoms with Crippen molar-refractivity contribution in [3.05, 3.63) is 29.1 Å². The van der Waals surface area contributed by atoms with Crippen LogP contribution in [0.4, 0.5) is 0 Å². The zero-order valence-corrected chi connectivity index (χ0v) is 11.3. The number of aryl methyl sites for hydroxylation is 1. The highest BCUT2D eigenvalue weighted by Crippen LogP contribution is 2.23. The topological polar surface area (TPSA) is 108 Å². The zero-order chi connectivity index (χ0) is 14.6. The van der Waals surface area contributed by atoms with Crippen LogP contribution < -0.4 is 0 Å². The summed E-state index contributed by atoms with van der Waals surface area (Å²) in [4.78, 5) is 25.5. The predicted molar refractivity (Wildman–Crippen MR) is 70.0 cm³/mol. The van der Waals surface area contributed by atoms with Gasteiger partial charge in [0.05, 0.1) is 6.10 Å². The third kappa shape index (κ3) is 4.30. The molecule has 2 atom stereocenters. The lowest BCUT2D eigenvalue weighted by Gasteiger charge is -2.19. The molecule has 0 radical (unpaired) electrons. The fourth-order valence-electron chi connectivity index (χ4n) is 1.50. The van der Waals surface area contributed by atoms with Gasteiger partial charge in [0.15, 0.2) is 10.8 Å². The Hall–Kier alpha value is -1.44. The van der Waals surface area contributed by atoms with E-state index in [1.54, 1.807) is 6.92 Å². The number of carboxylic acid groups (broad SMARTS) is 1. The number of aromatic carboxylic acids is 1. The van der Waals surface area contributed by atoms with E-state index in [-0.39, 0.29) is 22.1 Å². The summed E-state index contributed by atoms with van der Waals surface area (Å²) in [5, 5.41) is 28.6. The number of pyridine rings is 1. The Kier molecular flexibility index (Phi) is 5.46. The molecular weight excluding hydrogens is 270 g/mol. The van der Waals surface area contributed by atoms with Crippen LogP contribution in [0, 0.1) is 6.92 Å². The number of carbonyl (C=O) groups is 2. The number of carboxylic acids is 1. The summed E-state index contributed by atoms with van der Waals surface area (Å²) in [6.07, 6.45) is -1.27. The second-order valence-corrected chi connectivity index (χ2v) is 5.27. The number of nitrogens with zero attached hydrogens (tertiary/aromatic N) is 1. The Morgan fingerprint density at radius 2 is 2.05 bits per heavy atom. The minimum absolute atomic E-state index is 0.0104. The maximum atomic E-state index is 11.0. The summed E-state index contributed by atoms with van der Waals surface area (Å²) in [5.41, 5.74) is 0.416. The minimum Gasteiger partial charge on any atom is -0.477 e. The Morgan fingerprint density at radius 1 is 1.42 bits per heavy atom. The molecule has 1 rings (SSSR count). The second-order valence-electron chi connectivity index (χ2n) is 4.07. The SMILES string of the molecule is CC(=O)SCC(O)C(O)c1cc(C)cnc1C(=O)O. The monoisotopic (exact) mass is 285 g/mol. The molecule has 0 aromatic carbocycles. The first-order valence-corrected chi connectivity index (χ1v) is 6.50. The molecule has 0 aliphatic carbocycles. The summed E-state index contributed by atoms with van der Waals surface area (Å²) >= 11 is 0.864.